The molecule has 4 aromatic carbocycles. The van der Waals surface area contributed by atoms with Crippen LogP contribution in [-0.2, 0) is 209 Å². The van der Waals surface area contributed by atoms with Crippen LogP contribution in [0.5, 0.6) is 0 Å². The quantitative estimate of drug-likeness (QED) is 0.221. The van der Waals surface area contributed by atoms with Crippen LogP contribution >= 0.6 is 0 Å². The summed E-state index contributed by atoms with van der Waals surface area (Å²) < 4.78 is 2.32. The van der Waals surface area contributed by atoms with Crippen molar-refractivity contribution in [2.24, 2.45) is 0 Å². The van der Waals surface area contributed by atoms with Crippen LogP contribution < -0.4 is 5.73 Å². The van der Waals surface area contributed by atoms with E-state index >= 15 is 0 Å². The second-order valence-corrected chi connectivity index (χ2v) is 45.1. The molecular formula is C24H18N2S23. The average molecular weight is 1070 g/mol. The van der Waals surface area contributed by atoms with E-state index in [0.717, 1.165) is 16.8 Å². The molecule has 0 saturated heterocycles. The molecule has 0 radical (unpaired) electrons. The van der Waals surface area contributed by atoms with Gasteiger partial charge in [0.05, 0.1) is 11.0 Å². The third-order valence-electron chi connectivity index (χ3n) is 5.51. The van der Waals surface area contributed by atoms with E-state index in [1.165, 1.54) is 45.3 Å². The van der Waals surface area contributed by atoms with Crippen molar-refractivity contribution < 1.29 is 0 Å². The summed E-state index contributed by atoms with van der Waals surface area (Å²) in [6, 6.07) is 33.7. The molecule has 49 heavy (non-hydrogen) atoms. The smallest absolute Gasteiger partial charge is 0.0541 e. The van der Waals surface area contributed by atoms with E-state index in [9.17, 15) is 0 Å². The second kappa shape index (κ2) is 27.2. The molecule has 0 unspecified atom stereocenters. The van der Waals surface area contributed by atoms with Gasteiger partial charge in [-0.3, -0.25) is 0 Å². The molecule has 25 heteroatoms. The van der Waals surface area contributed by atoms with Crippen molar-refractivity contribution >= 4 is 236 Å². The van der Waals surface area contributed by atoms with E-state index in [0.29, 0.717) is 0 Å². The number of anilines is 1. The van der Waals surface area contributed by atoms with Crippen LogP contribution in [-0.4, -0.2) is 4.57 Å². The lowest BCUT2D eigenvalue weighted by Crippen LogP contribution is -1.93. The van der Waals surface area contributed by atoms with Gasteiger partial charge in [-0.15, -0.1) is 0 Å². The maximum absolute atomic E-state index is 6.20. The number of fused-ring (bicyclic) bond motifs is 3. The molecular weight excluding hydrogens is 1050 g/mol. The van der Waals surface area contributed by atoms with Crippen LogP contribution in [0.25, 0.3) is 38.6 Å². The third kappa shape index (κ3) is 15.7. The number of aromatic nitrogens is 1. The summed E-state index contributed by atoms with van der Waals surface area (Å²) in [7, 11) is 36.3. The molecule has 0 fully saturated rings. The Kier molecular flexibility index (Phi) is 24.0. The van der Waals surface area contributed by atoms with Crippen LogP contribution in [0.2, 0.25) is 0 Å². The first-order valence-corrected chi connectivity index (χ1v) is 41.8. The van der Waals surface area contributed by atoms with Gasteiger partial charge in [-0.1, -0.05) is 60.7 Å². The maximum Gasteiger partial charge on any atom is 0.0541 e. The maximum atomic E-state index is 6.20. The highest BCUT2D eigenvalue weighted by atomic mass is 33.5. The summed E-state index contributed by atoms with van der Waals surface area (Å²) in [5, 5.41) is 2.49. The number of para-hydroxylation sites is 3. The third-order valence-corrected chi connectivity index (χ3v) is 50.0. The number of hydrogen-bond acceptors (Lipinski definition) is 3. The number of nitrogens with two attached hydrogens (primary N) is 1. The first-order valence-electron chi connectivity index (χ1n) is 12.4. The average Bonchev–Trinajstić information content (AvgIpc) is 3.47. The fourth-order valence-electron chi connectivity index (χ4n) is 3.97. The molecule has 5 aromatic rings. The van der Waals surface area contributed by atoms with Crippen LogP contribution in [0.3, 0.4) is 0 Å². The monoisotopic (exact) mass is 1070 g/mol. The predicted octanol–water partition coefficient (Wildman–Crippen LogP) is 5.98. The minimum atomic E-state index is 0.804. The standard InChI is InChI=1S/C24H18N2.S23/c25-22-12-6-4-10-19(22)17-14-15-24-21(16-17)20-11-5-7-13-23(20)26(24)18-8-2-1-3-9-18;1-3-5-7-9-11-13-15-17-19-21-23-22-20-18-16-14-12-10-8-6-4-2/h1-16H,25H2;. The molecule has 0 aliphatic rings. The highest BCUT2D eigenvalue weighted by molar-refractivity contribution is 8.78. The van der Waals surface area contributed by atoms with Gasteiger partial charge in [-0.2, -0.15) is 0 Å². The number of nitrogen functional groups attached to an aromatic ring is 1. The minimum Gasteiger partial charge on any atom is -0.398 e. The topological polar surface area (TPSA) is 30.9 Å². The summed E-state index contributed by atoms with van der Waals surface area (Å²) in [4.78, 5) is 0. The van der Waals surface area contributed by atoms with Gasteiger partial charge in [-0.25, -0.2) is 0 Å². The van der Waals surface area contributed by atoms with Crippen LogP contribution in [0.15, 0.2) is 97.1 Å². The Hall–Kier alpha value is 1.54. The summed E-state index contributed by atoms with van der Waals surface area (Å²) in [6.45, 7) is 0. The van der Waals surface area contributed by atoms with Crippen molar-refractivity contribution in [2.75, 3.05) is 5.73 Å². The van der Waals surface area contributed by atoms with E-state index in [2.05, 4.69) is 77.4 Å². The molecule has 1 aromatic heterocycles. The summed E-state index contributed by atoms with van der Waals surface area (Å²) >= 11 is 9.54. The van der Waals surface area contributed by atoms with Crippen molar-refractivity contribution in [3.8, 4) is 16.8 Å². The number of rotatable bonds is 2. The predicted molar refractivity (Wildman–Crippen MR) is 280 cm³/mol. The molecule has 1 heterocycles. The van der Waals surface area contributed by atoms with Gasteiger partial charge in [0, 0.05) is 237 Å². The van der Waals surface area contributed by atoms with Crippen LogP contribution in [0, 0.1) is 0 Å². The zero-order valence-corrected chi connectivity index (χ0v) is 42.4. The normalized spacial score (nSPS) is 9.47. The molecule has 0 aliphatic heterocycles. The van der Waals surface area contributed by atoms with Crippen molar-refractivity contribution in [3.63, 3.8) is 0 Å². The highest BCUT2D eigenvalue weighted by Gasteiger charge is 2.13. The number of benzene rings is 4. The van der Waals surface area contributed by atoms with Crippen molar-refractivity contribution in [1.82, 2.24) is 4.57 Å². The fraction of sp³-hybridized carbons (Fsp3) is 0. The summed E-state index contributed by atoms with van der Waals surface area (Å²) in [5.74, 6) is 0. The molecule has 2 nitrogen and oxygen atoms in total. The number of hydrogen-bond donors (Lipinski definition) is 1. The second-order valence-electron chi connectivity index (χ2n) is 7.94. The Balaban J connectivity index is 0.000000224. The molecule has 5 rings (SSSR count). The summed E-state index contributed by atoms with van der Waals surface area (Å²) in [6.07, 6.45) is 0. The lowest BCUT2D eigenvalue weighted by molar-refractivity contribution is 1.18. The van der Waals surface area contributed by atoms with Gasteiger partial charge in [0.1, 0.15) is 0 Å². The lowest BCUT2D eigenvalue weighted by Gasteiger charge is -2.09. The molecule has 0 bridgehead atoms. The molecule has 2 N–H and O–H groups in total. The van der Waals surface area contributed by atoms with Crippen molar-refractivity contribution in [3.05, 3.63) is 97.1 Å². The van der Waals surface area contributed by atoms with Crippen molar-refractivity contribution in [2.45, 2.75) is 0 Å². The van der Waals surface area contributed by atoms with E-state index in [4.69, 9.17) is 28.1 Å². The van der Waals surface area contributed by atoms with Gasteiger partial charge < -0.3 is 10.3 Å². The van der Waals surface area contributed by atoms with E-state index in [1.54, 1.807) is 142 Å². The molecule has 0 amide bonds. The van der Waals surface area contributed by atoms with Gasteiger partial charge in [0.2, 0.25) is 0 Å². The van der Waals surface area contributed by atoms with Crippen LogP contribution in [0.4, 0.5) is 5.69 Å². The molecule has 262 valence electrons. The highest BCUT2D eigenvalue weighted by Crippen LogP contribution is 2.35. The first-order chi connectivity index (χ1) is 24.2. The zero-order valence-electron chi connectivity index (χ0n) is 23.7. The Morgan fingerprint density at radius 3 is 1.35 bits per heavy atom. The fourth-order valence-corrected chi connectivity index (χ4v) is 56.1. The Labute approximate surface area is 354 Å². The van der Waals surface area contributed by atoms with Gasteiger partial charge >= 0.3 is 0 Å². The largest absolute Gasteiger partial charge is 0.398 e. The minimum absolute atomic E-state index is 0.804. The number of nitrogens with zero attached hydrogens (tertiary/aromatic N) is 1. The molecule has 0 spiro atoms. The van der Waals surface area contributed by atoms with Gasteiger partial charge in [-0.05, 0) is 42.0 Å². The Bertz CT molecular complexity index is 2850. The SMILES string of the molecule is Nc1ccccc1-c1ccc2c(c1)c1ccccc1n2-c1ccccc1.S=S=S=S=S=S=S=S=S=S=S=S=S=S=S=S=S=S=S=S=S=S=S. The molecule has 0 aliphatic carbocycles. The van der Waals surface area contributed by atoms with E-state index < -0.39 is 0 Å². The first kappa shape index (κ1) is 43.3. The zero-order chi connectivity index (χ0) is 34.4. The molecule has 0 atom stereocenters. The van der Waals surface area contributed by atoms with E-state index in [1.807, 2.05) is 50.9 Å². The van der Waals surface area contributed by atoms with Crippen molar-refractivity contribution in [1.29, 1.82) is 0 Å². The van der Waals surface area contributed by atoms with E-state index in [-0.39, 0.29) is 0 Å². The van der Waals surface area contributed by atoms with Gasteiger partial charge in [0.25, 0.3) is 0 Å². The van der Waals surface area contributed by atoms with Crippen LogP contribution in [0.1, 0.15) is 0 Å². The van der Waals surface area contributed by atoms with Gasteiger partial charge in [0.15, 0.2) is 0 Å². The lowest BCUT2D eigenvalue weighted by atomic mass is 10.0. The Morgan fingerprint density at radius 1 is 0.408 bits per heavy atom. The Morgan fingerprint density at radius 2 is 0.837 bits per heavy atom. The summed E-state index contributed by atoms with van der Waals surface area (Å²) in [5.41, 5.74) is 12.8. The molecule has 0 saturated carbocycles.